The van der Waals surface area contributed by atoms with Crippen molar-refractivity contribution >= 4 is 23.5 Å². The SMILES string of the molecule is CCn1cc(NC(=O)Cn2cc(-c3cc(N)nc(N4CCCC4)n3)cn2)nn1. The van der Waals surface area contributed by atoms with E-state index >= 15 is 0 Å². The summed E-state index contributed by atoms with van der Waals surface area (Å²) in [5, 5.41) is 14.7. The van der Waals surface area contributed by atoms with E-state index in [2.05, 4.69) is 35.6 Å². The van der Waals surface area contributed by atoms with Gasteiger partial charge in [0.15, 0.2) is 5.82 Å². The lowest BCUT2D eigenvalue weighted by Gasteiger charge is -2.15. The Labute approximate surface area is 161 Å². The van der Waals surface area contributed by atoms with E-state index in [1.807, 2.05) is 6.92 Å². The molecule has 1 amide bonds. The topological polar surface area (TPSA) is 133 Å². The number of nitrogens with two attached hydrogens (primary N) is 1. The van der Waals surface area contributed by atoms with E-state index in [9.17, 15) is 4.79 Å². The van der Waals surface area contributed by atoms with Gasteiger partial charge in [-0.2, -0.15) is 10.1 Å². The van der Waals surface area contributed by atoms with Crippen LogP contribution in [0.2, 0.25) is 0 Å². The zero-order valence-electron chi connectivity index (χ0n) is 15.6. The van der Waals surface area contributed by atoms with Crippen molar-refractivity contribution in [2.75, 3.05) is 29.0 Å². The first-order chi connectivity index (χ1) is 13.6. The minimum absolute atomic E-state index is 0.0541. The predicted molar refractivity (Wildman–Crippen MR) is 103 cm³/mol. The molecule has 3 aromatic rings. The summed E-state index contributed by atoms with van der Waals surface area (Å²) in [6.07, 6.45) is 7.36. The summed E-state index contributed by atoms with van der Waals surface area (Å²) in [5.41, 5.74) is 7.43. The van der Waals surface area contributed by atoms with Gasteiger partial charge in [0, 0.05) is 37.5 Å². The lowest BCUT2D eigenvalue weighted by molar-refractivity contribution is -0.116. The Balaban J connectivity index is 1.46. The summed E-state index contributed by atoms with van der Waals surface area (Å²) >= 11 is 0. The van der Waals surface area contributed by atoms with Gasteiger partial charge in [-0.25, -0.2) is 4.98 Å². The Morgan fingerprint density at radius 2 is 2.04 bits per heavy atom. The average molecular weight is 382 g/mol. The van der Waals surface area contributed by atoms with Crippen LogP contribution in [0.25, 0.3) is 11.3 Å². The van der Waals surface area contributed by atoms with Crippen molar-refractivity contribution in [2.45, 2.75) is 32.9 Å². The molecule has 1 fully saturated rings. The Hall–Kier alpha value is -3.50. The van der Waals surface area contributed by atoms with Gasteiger partial charge >= 0.3 is 0 Å². The number of nitrogen functional groups attached to an aromatic ring is 1. The zero-order chi connectivity index (χ0) is 19.5. The van der Waals surface area contributed by atoms with Gasteiger partial charge in [0.1, 0.15) is 12.4 Å². The van der Waals surface area contributed by atoms with Crippen LogP contribution in [0.4, 0.5) is 17.6 Å². The second-order valence-electron chi connectivity index (χ2n) is 6.61. The number of aryl methyl sites for hydroxylation is 1. The molecule has 0 aliphatic carbocycles. The van der Waals surface area contributed by atoms with Crippen molar-refractivity contribution in [1.29, 1.82) is 0 Å². The molecule has 0 bridgehead atoms. The van der Waals surface area contributed by atoms with Crippen LogP contribution in [0.15, 0.2) is 24.7 Å². The summed E-state index contributed by atoms with van der Waals surface area (Å²) in [5.74, 6) is 1.23. The van der Waals surface area contributed by atoms with Crippen LogP contribution < -0.4 is 16.0 Å². The van der Waals surface area contributed by atoms with Crippen LogP contribution in [-0.4, -0.2) is 53.7 Å². The van der Waals surface area contributed by atoms with Gasteiger partial charge in [-0.1, -0.05) is 5.21 Å². The fourth-order valence-corrected chi connectivity index (χ4v) is 3.08. The smallest absolute Gasteiger partial charge is 0.247 e. The van der Waals surface area contributed by atoms with Crippen molar-refractivity contribution in [1.82, 2.24) is 34.7 Å². The third-order valence-electron chi connectivity index (χ3n) is 4.49. The summed E-state index contributed by atoms with van der Waals surface area (Å²) in [7, 11) is 0. The first-order valence-electron chi connectivity index (χ1n) is 9.23. The average Bonchev–Trinajstić information content (AvgIpc) is 3.43. The third kappa shape index (κ3) is 3.92. The Bertz CT molecular complexity index is 972. The summed E-state index contributed by atoms with van der Waals surface area (Å²) in [6, 6.07) is 1.71. The van der Waals surface area contributed by atoms with Crippen LogP contribution in [0, 0.1) is 0 Å². The number of hydrogen-bond donors (Lipinski definition) is 2. The summed E-state index contributed by atoms with van der Waals surface area (Å²) < 4.78 is 3.18. The third-order valence-corrected chi connectivity index (χ3v) is 4.49. The number of rotatable bonds is 6. The fourth-order valence-electron chi connectivity index (χ4n) is 3.08. The maximum absolute atomic E-state index is 12.2. The van der Waals surface area contributed by atoms with Crippen molar-refractivity contribution in [3.63, 3.8) is 0 Å². The molecule has 11 nitrogen and oxygen atoms in total. The number of amides is 1. The number of anilines is 3. The highest BCUT2D eigenvalue weighted by Gasteiger charge is 2.17. The van der Waals surface area contributed by atoms with Crippen molar-refractivity contribution in [3.8, 4) is 11.3 Å². The van der Waals surface area contributed by atoms with Gasteiger partial charge in [0.25, 0.3) is 0 Å². The predicted octanol–water partition coefficient (Wildman–Crippen LogP) is 0.773. The molecule has 0 aromatic carbocycles. The molecular weight excluding hydrogens is 360 g/mol. The van der Waals surface area contributed by atoms with Crippen molar-refractivity contribution in [2.24, 2.45) is 0 Å². The number of nitrogens with one attached hydrogen (secondary N) is 1. The molecule has 4 rings (SSSR count). The molecule has 3 N–H and O–H groups in total. The summed E-state index contributed by atoms with van der Waals surface area (Å²) in [6.45, 7) is 4.56. The highest BCUT2D eigenvalue weighted by molar-refractivity contribution is 5.89. The quantitative estimate of drug-likeness (QED) is 0.639. The van der Waals surface area contributed by atoms with Crippen LogP contribution in [0.5, 0.6) is 0 Å². The maximum atomic E-state index is 12.2. The second kappa shape index (κ2) is 7.62. The van der Waals surface area contributed by atoms with Gasteiger partial charge in [-0.15, -0.1) is 5.10 Å². The number of carbonyl (C=O) groups is 1. The van der Waals surface area contributed by atoms with E-state index in [4.69, 9.17) is 5.73 Å². The molecular formula is C17H22N10O. The molecule has 0 saturated carbocycles. The largest absolute Gasteiger partial charge is 0.384 e. The lowest BCUT2D eigenvalue weighted by Crippen LogP contribution is -2.21. The first-order valence-corrected chi connectivity index (χ1v) is 9.23. The maximum Gasteiger partial charge on any atom is 0.247 e. The normalized spacial score (nSPS) is 13.8. The van der Waals surface area contributed by atoms with E-state index in [0.29, 0.717) is 29.8 Å². The van der Waals surface area contributed by atoms with Gasteiger partial charge in [-0.3, -0.25) is 14.2 Å². The van der Waals surface area contributed by atoms with Gasteiger partial charge in [0.05, 0.1) is 18.1 Å². The van der Waals surface area contributed by atoms with E-state index in [1.165, 1.54) is 0 Å². The Morgan fingerprint density at radius 3 is 2.79 bits per heavy atom. The number of nitrogens with zero attached hydrogens (tertiary/aromatic N) is 8. The molecule has 1 aliphatic rings. The van der Waals surface area contributed by atoms with Gasteiger partial charge in [-0.05, 0) is 19.8 Å². The second-order valence-corrected chi connectivity index (χ2v) is 6.61. The molecule has 4 heterocycles. The standard InChI is InChI=1S/C17H22N10O/c1-2-26-10-15(23-24-26)22-16(28)11-27-9-12(8-19-27)13-7-14(18)21-17(20-13)25-5-3-4-6-25/h7-10H,2-6,11H2,1H3,(H,22,28)(H2,18,20,21). The van der Waals surface area contributed by atoms with Crippen molar-refractivity contribution in [3.05, 3.63) is 24.7 Å². The highest BCUT2D eigenvalue weighted by Crippen LogP contribution is 2.23. The van der Waals surface area contributed by atoms with Gasteiger partial charge < -0.3 is 16.0 Å². The monoisotopic (exact) mass is 382 g/mol. The van der Waals surface area contributed by atoms with E-state index < -0.39 is 0 Å². The highest BCUT2D eigenvalue weighted by atomic mass is 16.2. The van der Waals surface area contributed by atoms with Crippen LogP contribution in [0.3, 0.4) is 0 Å². The number of carbonyl (C=O) groups excluding carboxylic acids is 1. The Kier molecular flexibility index (Phi) is 4.87. The minimum Gasteiger partial charge on any atom is -0.384 e. The molecule has 0 spiro atoms. The molecule has 0 atom stereocenters. The fraction of sp³-hybridized carbons (Fsp3) is 0.412. The number of aromatic nitrogens is 7. The first kappa shape index (κ1) is 17.9. The van der Waals surface area contributed by atoms with E-state index in [-0.39, 0.29) is 12.5 Å². The van der Waals surface area contributed by atoms with Crippen LogP contribution in [0.1, 0.15) is 19.8 Å². The molecule has 146 valence electrons. The zero-order valence-corrected chi connectivity index (χ0v) is 15.6. The Morgan fingerprint density at radius 1 is 1.21 bits per heavy atom. The molecule has 3 aromatic heterocycles. The van der Waals surface area contributed by atoms with Crippen LogP contribution in [-0.2, 0) is 17.9 Å². The molecule has 1 aliphatic heterocycles. The minimum atomic E-state index is -0.238. The van der Waals surface area contributed by atoms with E-state index in [1.54, 1.807) is 34.0 Å². The molecule has 0 unspecified atom stereocenters. The summed E-state index contributed by atoms with van der Waals surface area (Å²) in [4.78, 5) is 23.3. The number of hydrogen-bond acceptors (Lipinski definition) is 8. The molecule has 0 radical (unpaired) electrons. The van der Waals surface area contributed by atoms with Crippen molar-refractivity contribution < 1.29 is 4.79 Å². The lowest BCUT2D eigenvalue weighted by atomic mass is 10.2. The van der Waals surface area contributed by atoms with E-state index in [0.717, 1.165) is 31.5 Å². The van der Waals surface area contributed by atoms with Gasteiger partial charge in [0.2, 0.25) is 11.9 Å². The molecule has 1 saturated heterocycles. The molecule has 11 heteroatoms. The van der Waals surface area contributed by atoms with Crippen LogP contribution >= 0.6 is 0 Å². The molecule has 28 heavy (non-hydrogen) atoms.